The smallest absolute Gasteiger partial charge is 0.305 e. The normalized spacial score (nSPS) is 18.2. The first-order valence-corrected chi connectivity index (χ1v) is 6.89. The van der Waals surface area contributed by atoms with Gasteiger partial charge in [-0.05, 0) is 25.8 Å². The summed E-state index contributed by atoms with van der Waals surface area (Å²) >= 11 is 0. The lowest BCUT2D eigenvalue weighted by atomic mass is 9.86. The lowest BCUT2D eigenvalue weighted by Crippen LogP contribution is -2.20. The van der Waals surface area contributed by atoms with E-state index in [1.54, 1.807) is 0 Å². The molecule has 1 aliphatic carbocycles. The van der Waals surface area contributed by atoms with E-state index in [0.717, 1.165) is 24.2 Å². The predicted molar refractivity (Wildman–Crippen MR) is 71.8 cm³/mol. The molecule has 5 heteroatoms. The van der Waals surface area contributed by atoms with E-state index in [1.807, 2.05) is 13.0 Å². The van der Waals surface area contributed by atoms with Crippen molar-refractivity contribution in [1.29, 1.82) is 0 Å². The molecule has 0 spiro atoms. The Labute approximate surface area is 113 Å². The summed E-state index contributed by atoms with van der Waals surface area (Å²) in [4.78, 5) is 19.5. The number of carboxylic acid groups (broad SMARTS) is 1. The van der Waals surface area contributed by atoms with Gasteiger partial charge in [0.05, 0.1) is 12.5 Å². The molecule has 5 nitrogen and oxygen atoms in total. The Kier molecular flexibility index (Phi) is 4.47. The quantitative estimate of drug-likeness (QED) is 0.870. The summed E-state index contributed by atoms with van der Waals surface area (Å²) in [6.07, 6.45) is 5.96. The fourth-order valence-corrected chi connectivity index (χ4v) is 2.67. The number of nitrogens with zero attached hydrogens (tertiary/aromatic N) is 2. The van der Waals surface area contributed by atoms with Crippen LogP contribution in [0.5, 0.6) is 0 Å². The van der Waals surface area contributed by atoms with Gasteiger partial charge in [0.2, 0.25) is 0 Å². The first-order chi connectivity index (χ1) is 9.06. The second kappa shape index (κ2) is 6.10. The van der Waals surface area contributed by atoms with Crippen LogP contribution < -0.4 is 5.73 Å². The lowest BCUT2D eigenvalue weighted by Gasteiger charge is -2.22. The molecule has 1 heterocycles. The number of carboxylic acids is 1. The summed E-state index contributed by atoms with van der Waals surface area (Å²) in [6.45, 7) is 1.91. The Bertz CT molecular complexity index is 456. The molecule has 0 bridgehead atoms. The summed E-state index contributed by atoms with van der Waals surface area (Å²) in [7, 11) is 0. The zero-order chi connectivity index (χ0) is 13.8. The molecule has 2 rings (SSSR count). The Morgan fingerprint density at radius 2 is 2.11 bits per heavy atom. The summed E-state index contributed by atoms with van der Waals surface area (Å²) in [6, 6.07) is 1.38. The third kappa shape index (κ3) is 3.73. The Hall–Kier alpha value is -1.49. The van der Waals surface area contributed by atoms with Gasteiger partial charge in [0.25, 0.3) is 0 Å². The largest absolute Gasteiger partial charge is 0.481 e. The number of nitrogens with two attached hydrogens (primary N) is 1. The highest BCUT2D eigenvalue weighted by Crippen LogP contribution is 2.32. The van der Waals surface area contributed by atoms with Crippen molar-refractivity contribution in [2.75, 3.05) is 0 Å². The van der Waals surface area contributed by atoms with E-state index in [9.17, 15) is 4.79 Å². The standard InChI is InChI=1S/C14H21N3O2/c1-9-7-12(10-5-3-2-4-6-10)17-14(16-9)11(15)8-13(18)19/h7,10-11H,2-6,8,15H2,1H3,(H,18,19). The monoisotopic (exact) mass is 263 g/mol. The van der Waals surface area contributed by atoms with Gasteiger partial charge in [-0.25, -0.2) is 9.97 Å². The molecule has 0 aromatic carbocycles. The van der Waals surface area contributed by atoms with Crippen molar-refractivity contribution in [1.82, 2.24) is 9.97 Å². The summed E-state index contributed by atoms with van der Waals surface area (Å²) < 4.78 is 0. The fourth-order valence-electron chi connectivity index (χ4n) is 2.67. The van der Waals surface area contributed by atoms with Crippen molar-refractivity contribution in [3.05, 3.63) is 23.3 Å². The van der Waals surface area contributed by atoms with Crippen LogP contribution in [0.2, 0.25) is 0 Å². The second-order valence-electron chi connectivity index (χ2n) is 5.33. The van der Waals surface area contributed by atoms with E-state index in [4.69, 9.17) is 10.8 Å². The van der Waals surface area contributed by atoms with E-state index in [1.165, 1.54) is 19.3 Å². The van der Waals surface area contributed by atoms with Crippen molar-refractivity contribution in [2.24, 2.45) is 5.73 Å². The number of aryl methyl sites for hydroxylation is 1. The van der Waals surface area contributed by atoms with Gasteiger partial charge in [0.1, 0.15) is 5.82 Å². The molecule has 1 aromatic rings. The first kappa shape index (κ1) is 13.9. The van der Waals surface area contributed by atoms with Crippen LogP contribution in [0.1, 0.15) is 67.7 Å². The lowest BCUT2D eigenvalue weighted by molar-refractivity contribution is -0.137. The number of hydrogen-bond acceptors (Lipinski definition) is 4. The number of rotatable bonds is 4. The fraction of sp³-hybridized carbons (Fsp3) is 0.643. The molecule has 104 valence electrons. The maximum absolute atomic E-state index is 10.7. The third-order valence-electron chi connectivity index (χ3n) is 3.64. The zero-order valence-corrected chi connectivity index (χ0v) is 11.3. The maximum atomic E-state index is 10.7. The Morgan fingerprint density at radius 1 is 1.42 bits per heavy atom. The van der Waals surface area contributed by atoms with Crippen LogP contribution in [0.25, 0.3) is 0 Å². The van der Waals surface area contributed by atoms with Crippen LogP contribution >= 0.6 is 0 Å². The maximum Gasteiger partial charge on any atom is 0.305 e. The molecule has 0 amide bonds. The molecule has 1 fully saturated rings. The van der Waals surface area contributed by atoms with Crippen LogP contribution in [-0.2, 0) is 4.79 Å². The molecule has 1 atom stereocenters. The summed E-state index contributed by atoms with van der Waals surface area (Å²) in [5, 5.41) is 8.80. The van der Waals surface area contributed by atoms with Crippen LogP contribution in [0, 0.1) is 6.92 Å². The van der Waals surface area contributed by atoms with Crippen LogP contribution in [0.3, 0.4) is 0 Å². The van der Waals surface area contributed by atoms with Gasteiger partial charge in [0.15, 0.2) is 0 Å². The number of hydrogen-bond donors (Lipinski definition) is 2. The number of carbonyl (C=O) groups is 1. The SMILES string of the molecule is Cc1cc(C2CCCCC2)nc(C(N)CC(=O)O)n1. The van der Waals surface area contributed by atoms with Gasteiger partial charge in [-0.1, -0.05) is 19.3 Å². The van der Waals surface area contributed by atoms with Gasteiger partial charge in [-0.2, -0.15) is 0 Å². The Balaban J connectivity index is 2.20. The minimum atomic E-state index is -0.920. The molecule has 1 aromatic heterocycles. The van der Waals surface area contributed by atoms with Gasteiger partial charge >= 0.3 is 5.97 Å². The van der Waals surface area contributed by atoms with Crippen molar-refractivity contribution in [3.63, 3.8) is 0 Å². The van der Waals surface area contributed by atoms with Crippen LogP contribution in [-0.4, -0.2) is 21.0 Å². The van der Waals surface area contributed by atoms with Gasteiger partial charge < -0.3 is 10.8 Å². The molecule has 1 unspecified atom stereocenters. The molecule has 3 N–H and O–H groups in total. The minimum Gasteiger partial charge on any atom is -0.481 e. The summed E-state index contributed by atoms with van der Waals surface area (Å²) in [5.74, 6) is 0.0195. The zero-order valence-electron chi connectivity index (χ0n) is 11.3. The van der Waals surface area contributed by atoms with Crippen molar-refractivity contribution >= 4 is 5.97 Å². The van der Waals surface area contributed by atoms with Crippen molar-refractivity contribution < 1.29 is 9.90 Å². The van der Waals surface area contributed by atoms with Gasteiger partial charge in [-0.15, -0.1) is 0 Å². The minimum absolute atomic E-state index is 0.131. The summed E-state index contributed by atoms with van der Waals surface area (Å²) in [5.41, 5.74) is 7.76. The predicted octanol–water partition coefficient (Wildman–Crippen LogP) is 2.31. The number of aliphatic carboxylic acids is 1. The first-order valence-electron chi connectivity index (χ1n) is 6.89. The molecule has 0 aliphatic heterocycles. The van der Waals surface area contributed by atoms with Crippen molar-refractivity contribution in [3.8, 4) is 0 Å². The van der Waals surface area contributed by atoms with Crippen molar-refractivity contribution in [2.45, 2.75) is 57.4 Å². The highest BCUT2D eigenvalue weighted by Gasteiger charge is 2.20. The van der Waals surface area contributed by atoms with Gasteiger partial charge in [0, 0.05) is 17.3 Å². The number of aromatic nitrogens is 2. The highest BCUT2D eigenvalue weighted by molar-refractivity contribution is 5.67. The van der Waals surface area contributed by atoms with Crippen LogP contribution in [0.15, 0.2) is 6.07 Å². The topological polar surface area (TPSA) is 89.1 Å². The molecule has 0 saturated heterocycles. The molecular formula is C14H21N3O2. The van der Waals surface area contributed by atoms with E-state index in [-0.39, 0.29) is 6.42 Å². The molecule has 0 radical (unpaired) electrons. The van der Waals surface area contributed by atoms with Gasteiger partial charge in [-0.3, -0.25) is 4.79 Å². The van der Waals surface area contributed by atoms with E-state index in [2.05, 4.69) is 9.97 Å². The van der Waals surface area contributed by atoms with E-state index in [0.29, 0.717) is 11.7 Å². The molecular weight excluding hydrogens is 242 g/mol. The molecule has 1 aliphatic rings. The van der Waals surface area contributed by atoms with E-state index >= 15 is 0 Å². The molecule has 19 heavy (non-hydrogen) atoms. The Morgan fingerprint density at radius 3 is 2.74 bits per heavy atom. The third-order valence-corrected chi connectivity index (χ3v) is 3.64. The molecule has 1 saturated carbocycles. The highest BCUT2D eigenvalue weighted by atomic mass is 16.4. The second-order valence-corrected chi connectivity index (χ2v) is 5.33. The van der Waals surface area contributed by atoms with Crippen LogP contribution in [0.4, 0.5) is 0 Å². The average molecular weight is 263 g/mol. The van der Waals surface area contributed by atoms with E-state index < -0.39 is 12.0 Å². The average Bonchev–Trinajstić information content (AvgIpc) is 2.38.